The van der Waals surface area contributed by atoms with Crippen LogP contribution in [-0.2, 0) is 17.9 Å². The van der Waals surface area contributed by atoms with Gasteiger partial charge in [0.15, 0.2) is 0 Å². The number of benzene rings is 2. The van der Waals surface area contributed by atoms with Crippen molar-refractivity contribution in [1.29, 1.82) is 0 Å². The molecule has 1 heterocycles. The molecule has 1 aliphatic heterocycles. The topological polar surface area (TPSA) is 21.7 Å². The van der Waals surface area contributed by atoms with Gasteiger partial charge < -0.3 is 9.47 Å². The fraction of sp³-hybridized carbons (Fsp3) is 0.368. The first-order valence-corrected chi connectivity index (χ1v) is 8.06. The smallest absolute Gasteiger partial charge is 0.406 e. The first kappa shape index (κ1) is 17.8. The van der Waals surface area contributed by atoms with Crippen molar-refractivity contribution in [3.8, 4) is 5.75 Å². The molecule has 0 amide bonds. The van der Waals surface area contributed by atoms with Crippen LogP contribution in [0.1, 0.15) is 11.1 Å². The summed E-state index contributed by atoms with van der Waals surface area (Å²) in [5.41, 5.74) is 1.69. The van der Waals surface area contributed by atoms with Gasteiger partial charge in [-0.3, -0.25) is 4.90 Å². The molecule has 2 aromatic rings. The molecule has 0 saturated carbocycles. The summed E-state index contributed by atoms with van der Waals surface area (Å²) in [5, 5.41) is 0. The molecule has 6 heteroatoms. The summed E-state index contributed by atoms with van der Waals surface area (Å²) in [4.78, 5) is 1.40. The van der Waals surface area contributed by atoms with E-state index in [-0.39, 0.29) is 19.7 Å². The predicted octanol–water partition coefficient (Wildman–Crippen LogP) is 4.03. The fourth-order valence-corrected chi connectivity index (χ4v) is 3.01. The van der Waals surface area contributed by atoms with Crippen LogP contribution in [0, 0.1) is 0 Å². The van der Waals surface area contributed by atoms with Gasteiger partial charge in [0.1, 0.15) is 11.8 Å². The minimum atomic E-state index is -4.31. The van der Waals surface area contributed by atoms with E-state index in [0.717, 1.165) is 11.1 Å². The average molecular weight is 351 g/mol. The Morgan fingerprint density at radius 2 is 1.68 bits per heavy atom. The van der Waals surface area contributed by atoms with Gasteiger partial charge in [0.05, 0.1) is 19.8 Å². The van der Waals surface area contributed by atoms with Gasteiger partial charge >= 0.3 is 6.18 Å². The Kier molecular flexibility index (Phi) is 5.30. The van der Waals surface area contributed by atoms with Crippen LogP contribution in [0.5, 0.6) is 5.75 Å². The molecule has 0 N–H and O–H groups in total. The number of alkyl halides is 3. The van der Waals surface area contributed by atoms with Gasteiger partial charge in [0.2, 0.25) is 0 Å². The molecule has 1 fully saturated rings. The molecule has 0 aromatic heterocycles. The van der Waals surface area contributed by atoms with Crippen LogP contribution in [-0.4, -0.2) is 36.9 Å². The summed E-state index contributed by atoms with van der Waals surface area (Å²) in [6.45, 7) is 0.691. The number of nitrogens with zero attached hydrogens (tertiary/aromatic N) is 1. The van der Waals surface area contributed by atoms with Crippen molar-refractivity contribution in [3.63, 3.8) is 0 Å². The number of methoxy groups -OCH3 is 1. The highest BCUT2D eigenvalue weighted by atomic mass is 19.4. The normalized spacial score (nSPS) is 21.0. The molecule has 0 bridgehead atoms. The average Bonchev–Trinajstić information content (AvgIpc) is 2.57. The molecule has 3 rings (SSSR count). The van der Waals surface area contributed by atoms with Crippen molar-refractivity contribution < 1.29 is 22.6 Å². The molecular formula is C19H20F3NO2. The van der Waals surface area contributed by atoms with E-state index in [4.69, 9.17) is 9.47 Å². The first-order valence-electron chi connectivity index (χ1n) is 8.06. The van der Waals surface area contributed by atoms with Gasteiger partial charge in [0, 0.05) is 13.1 Å². The van der Waals surface area contributed by atoms with E-state index in [2.05, 4.69) is 0 Å². The van der Waals surface area contributed by atoms with Crippen molar-refractivity contribution >= 4 is 0 Å². The Morgan fingerprint density at radius 3 is 2.28 bits per heavy atom. The zero-order chi connectivity index (χ0) is 17.9. The molecule has 1 aliphatic rings. The molecule has 2 unspecified atom stereocenters. The Bertz CT molecular complexity index is 673. The summed E-state index contributed by atoms with van der Waals surface area (Å²) < 4.78 is 50.8. The lowest BCUT2D eigenvalue weighted by Gasteiger charge is -2.48. The highest BCUT2D eigenvalue weighted by Gasteiger charge is 2.55. The van der Waals surface area contributed by atoms with Gasteiger partial charge in [-0.2, -0.15) is 13.2 Å². The second kappa shape index (κ2) is 7.45. The summed E-state index contributed by atoms with van der Waals surface area (Å²) in [5.74, 6) is 0.684. The van der Waals surface area contributed by atoms with Crippen molar-refractivity contribution in [1.82, 2.24) is 4.90 Å². The van der Waals surface area contributed by atoms with E-state index >= 15 is 0 Å². The highest BCUT2D eigenvalue weighted by Crippen LogP contribution is 2.37. The van der Waals surface area contributed by atoms with E-state index in [1.165, 1.54) is 4.90 Å². The summed E-state index contributed by atoms with van der Waals surface area (Å²) >= 11 is 0. The van der Waals surface area contributed by atoms with Gasteiger partial charge in [-0.1, -0.05) is 42.5 Å². The molecule has 2 atom stereocenters. The Morgan fingerprint density at radius 1 is 1.00 bits per heavy atom. The Hall–Kier alpha value is -2.05. The Balaban J connectivity index is 1.61. The standard InChI is InChI=1S/C19H20F3NO2/c1-24-16-9-7-14(8-10-16)11-23-12-17(18(23)19(20,21)22)25-13-15-5-3-2-4-6-15/h2-10,17-18H,11-13H2,1H3. The van der Waals surface area contributed by atoms with Crippen molar-refractivity contribution in [3.05, 3.63) is 65.7 Å². The second-order valence-electron chi connectivity index (χ2n) is 6.10. The Labute approximate surface area is 145 Å². The van der Waals surface area contributed by atoms with Crippen molar-refractivity contribution in [2.75, 3.05) is 13.7 Å². The van der Waals surface area contributed by atoms with E-state index in [0.29, 0.717) is 5.75 Å². The van der Waals surface area contributed by atoms with Crippen molar-refractivity contribution in [2.24, 2.45) is 0 Å². The summed E-state index contributed by atoms with van der Waals surface area (Å²) in [7, 11) is 1.55. The summed E-state index contributed by atoms with van der Waals surface area (Å²) in [6, 6.07) is 14.7. The predicted molar refractivity (Wildman–Crippen MR) is 88.3 cm³/mol. The maximum atomic E-state index is 13.4. The quantitative estimate of drug-likeness (QED) is 0.784. The van der Waals surface area contributed by atoms with Crippen LogP contribution in [0.15, 0.2) is 54.6 Å². The largest absolute Gasteiger partial charge is 0.497 e. The third-order valence-corrected chi connectivity index (χ3v) is 4.35. The zero-order valence-corrected chi connectivity index (χ0v) is 13.9. The molecule has 0 radical (unpaired) electrons. The molecule has 0 spiro atoms. The second-order valence-corrected chi connectivity index (χ2v) is 6.10. The molecule has 25 heavy (non-hydrogen) atoms. The van der Waals surface area contributed by atoms with Gasteiger partial charge in [-0.15, -0.1) is 0 Å². The van der Waals surface area contributed by atoms with Gasteiger partial charge in [0.25, 0.3) is 0 Å². The number of hydrogen-bond acceptors (Lipinski definition) is 3. The SMILES string of the molecule is COc1ccc(CN2CC(OCc3ccccc3)C2C(F)(F)F)cc1. The van der Waals surface area contributed by atoms with Crippen LogP contribution < -0.4 is 4.74 Å². The van der Waals surface area contributed by atoms with Crippen LogP contribution in [0.3, 0.4) is 0 Å². The number of rotatable bonds is 6. The molecule has 0 aliphatic carbocycles. The number of ether oxygens (including phenoxy) is 2. The molecule has 134 valence electrons. The lowest BCUT2D eigenvalue weighted by Crippen LogP contribution is -2.66. The van der Waals surface area contributed by atoms with E-state index in [9.17, 15) is 13.2 Å². The maximum Gasteiger partial charge on any atom is 0.406 e. The number of likely N-dealkylation sites (tertiary alicyclic amines) is 1. The lowest BCUT2D eigenvalue weighted by atomic mass is 9.97. The van der Waals surface area contributed by atoms with Crippen LogP contribution in [0.4, 0.5) is 13.2 Å². The van der Waals surface area contributed by atoms with Crippen LogP contribution >= 0.6 is 0 Å². The van der Waals surface area contributed by atoms with Gasteiger partial charge in [-0.05, 0) is 23.3 Å². The van der Waals surface area contributed by atoms with E-state index < -0.39 is 18.3 Å². The van der Waals surface area contributed by atoms with Gasteiger partial charge in [-0.25, -0.2) is 0 Å². The maximum absolute atomic E-state index is 13.4. The highest BCUT2D eigenvalue weighted by molar-refractivity contribution is 5.27. The monoisotopic (exact) mass is 351 g/mol. The molecule has 3 nitrogen and oxygen atoms in total. The van der Waals surface area contributed by atoms with Crippen molar-refractivity contribution in [2.45, 2.75) is 31.5 Å². The first-order chi connectivity index (χ1) is 12.0. The molecule has 1 saturated heterocycles. The molecule has 2 aromatic carbocycles. The minimum absolute atomic E-state index is 0.189. The van der Waals surface area contributed by atoms with E-state index in [1.807, 2.05) is 30.3 Å². The number of hydrogen-bond donors (Lipinski definition) is 0. The minimum Gasteiger partial charge on any atom is -0.497 e. The third kappa shape index (κ3) is 4.32. The summed E-state index contributed by atoms with van der Waals surface area (Å²) in [6.07, 6.45) is -5.15. The fourth-order valence-electron chi connectivity index (χ4n) is 3.01. The van der Waals surface area contributed by atoms with Crippen LogP contribution in [0.2, 0.25) is 0 Å². The third-order valence-electron chi connectivity index (χ3n) is 4.35. The lowest BCUT2D eigenvalue weighted by molar-refractivity contribution is -0.261. The van der Waals surface area contributed by atoms with Crippen LogP contribution in [0.25, 0.3) is 0 Å². The zero-order valence-electron chi connectivity index (χ0n) is 13.9. The van der Waals surface area contributed by atoms with E-state index in [1.54, 1.807) is 31.4 Å². The number of halogens is 3. The molecular weight excluding hydrogens is 331 g/mol.